The Bertz CT molecular complexity index is 1580. The van der Waals surface area contributed by atoms with E-state index in [0.29, 0.717) is 0 Å². The molecule has 0 amide bonds. The van der Waals surface area contributed by atoms with E-state index in [-0.39, 0.29) is 53.4 Å². The number of nitrogens with two attached hydrogens (primary N) is 1. The minimum Gasteiger partial charge on any atom is -0.507 e. The third-order valence-corrected chi connectivity index (χ3v) is 8.37. The molecule has 16 heteroatoms. The quantitative estimate of drug-likeness (QED) is 0.140. The Morgan fingerprint density at radius 2 is 1.76 bits per heavy atom. The fraction of sp³-hybridized carbons (Fsp3) is 0.467. The van der Waals surface area contributed by atoms with Gasteiger partial charge in [-0.2, -0.15) is 0 Å². The summed E-state index contributed by atoms with van der Waals surface area (Å²) in [5.74, 6) is -5.33. The molecular weight excluding hydrogens is 637 g/mol. The van der Waals surface area contributed by atoms with Crippen molar-refractivity contribution in [2.45, 2.75) is 68.7 Å². The summed E-state index contributed by atoms with van der Waals surface area (Å²) < 4.78 is 36.5. The standard InChI is InChI=1S/C30H32FNO13.ClH/c1-11-23(35)28(40)22(31)29(44-11)45-15-9-30(41,16(33)10-43-17(34)6-7-32)8-13-19(15)27(39)21-20(25(13)37)24(36)12-4-3-5-14(42-2)18(12)26(21)38;/h3-5,11,15,22-23,28-29,35,37,39-41H,6-10,32H2,1-2H3;1H. The number of halogens is 2. The predicted molar refractivity (Wildman–Crippen MR) is 155 cm³/mol. The Balaban J connectivity index is 0.00000480. The number of aliphatic hydroxyl groups excluding tert-OH is 2. The molecule has 1 aliphatic heterocycles. The maximum Gasteiger partial charge on any atom is 0.307 e. The van der Waals surface area contributed by atoms with Crippen LogP contribution in [-0.2, 0) is 30.2 Å². The second-order valence-electron chi connectivity index (χ2n) is 11.2. The van der Waals surface area contributed by atoms with Crippen LogP contribution in [0.15, 0.2) is 18.2 Å². The Morgan fingerprint density at radius 1 is 1.09 bits per heavy atom. The molecule has 1 heterocycles. The predicted octanol–water partition coefficient (Wildman–Crippen LogP) is 0.304. The van der Waals surface area contributed by atoms with Crippen LogP contribution in [0, 0.1) is 0 Å². The minimum atomic E-state index is -2.48. The lowest BCUT2D eigenvalue weighted by Crippen LogP contribution is -2.56. The van der Waals surface area contributed by atoms with Gasteiger partial charge < -0.3 is 50.2 Å². The maximum atomic E-state index is 15.2. The Kier molecular flexibility index (Phi) is 10.1. The number of alkyl halides is 1. The highest BCUT2D eigenvalue weighted by atomic mass is 35.5. The number of carbonyl (C=O) groups is 4. The van der Waals surface area contributed by atoms with E-state index < -0.39 is 108 Å². The Labute approximate surface area is 267 Å². The molecule has 7 unspecified atom stereocenters. The highest BCUT2D eigenvalue weighted by Gasteiger charge is 2.52. The van der Waals surface area contributed by atoms with Crippen LogP contribution in [0.1, 0.15) is 68.8 Å². The second kappa shape index (κ2) is 13.2. The average molecular weight is 670 g/mol. The summed E-state index contributed by atoms with van der Waals surface area (Å²) in [5.41, 5.74) is 0.571. The SMILES string of the molecule is COc1cccc2c1C(=O)c1c(O)c3c(c(O)c1C2=O)CC(O)(C(=O)COC(=O)CCN)CC3OC1OC(C)C(O)C(O)C1F.Cl. The summed E-state index contributed by atoms with van der Waals surface area (Å²) in [5, 5.41) is 54.8. The maximum absolute atomic E-state index is 15.2. The number of phenolic OH excluding ortho intramolecular Hbond substituents is 2. The third kappa shape index (κ3) is 5.72. The smallest absolute Gasteiger partial charge is 0.307 e. The van der Waals surface area contributed by atoms with Crippen molar-refractivity contribution >= 4 is 35.7 Å². The van der Waals surface area contributed by atoms with Crippen LogP contribution >= 0.6 is 12.4 Å². The lowest BCUT2D eigenvalue weighted by Gasteiger charge is -2.43. The fourth-order valence-electron chi connectivity index (χ4n) is 5.98. The molecule has 5 rings (SSSR count). The first-order chi connectivity index (χ1) is 21.2. The number of benzene rings is 2. The van der Waals surface area contributed by atoms with Crippen molar-refractivity contribution < 1.29 is 68.0 Å². The second-order valence-corrected chi connectivity index (χ2v) is 11.2. The molecule has 0 bridgehead atoms. The van der Waals surface area contributed by atoms with E-state index >= 15 is 4.39 Å². The number of phenols is 2. The van der Waals surface area contributed by atoms with Crippen molar-refractivity contribution in [2.75, 3.05) is 20.3 Å². The first-order valence-electron chi connectivity index (χ1n) is 14.0. The zero-order valence-electron chi connectivity index (χ0n) is 24.6. The van der Waals surface area contributed by atoms with Gasteiger partial charge in [0.1, 0.15) is 35.1 Å². The van der Waals surface area contributed by atoms with Crippen LogP contribution < -0.4 is 10.5 Å². The third-order valence-electron chi connectivity index (χ3n) is 8.37. The number of rotatable bonds is 8. The summed E-state index contributed by atoms with van der Waals surface area (Å²) in [6.45, 7) is 0.341. The first-order valence-corrected chi connectivity index (χ1v) is 14.0. The van der Waals surface area contributed by atoms with Gasteiger partial charge in [-0.25, -0.2) is 4.39 Å². The lowest BCUT2D eigenvalue weighted by atomic mass is 9.72. The van der Waals surface area contributed by atoms with Crippen LogP contribution in [0.5, 0.6) is 17.2 Å². The lowest BCUT2D eigenvalue weighted by molar-refractivity contribution is -0.294. The Hall–Kier alpha value is -3.70. The molecule has 2 aromatic rings. The van der Waals surface area contributed by atoms with E-state index in [0.717, 1.165) is 0 Å². The van der Waals surface area contributed by atoms with Gasteiger partial charge in [-0.15, -0.1) is 12.4 Å². The number of carbonyl (C=O) groups excluding carboxylic acids is 4. The highest BCUT2D eigenvalue weighted by Crippen LogP contribution is 2.52. The van der Waals surface area contributed by atoms with Crippen LogP contribution in [0.2, 0.25) is 0 Å². The van der Waals surface area contributed by atoms with E-state index in [1.165, 1.54) is 32.2 Å². The monoisotopic (exact) mass is 669 g/mol. The largest absolute Gasteiger partial charge is 0.507 e. The van der Waals surface area contributed by atoms with Crippen molar-refractivity contribution in [3.05, 3.63) is 51.6 Å². The van der Waals surface area contributed by atoms with Crippen molar-refractivity contribution in [3.8, 4) is 17.2 Å². The van der Waals surface area contributed by atoms with Crippen LogP contribution in [0.3, 0.4) is 0 Å². The van der Waals surface area contributed by atoms with Gasteiger partial charge in [0.05, 0.1) is 42.4 Å². The number of hydrogen-bond donors (Lipinski definition) is 6. The van der Waals surface area contributed by atoms with Gasteiger partial charge in [-0.1, -0.05) is 12.1 Å². The van der Waals surface area contributed by atoms with E-state index in [2.05, 4.69) is 0 Å². The van der Waals surface area contributed by atoms with Gasteiger partial charge in [-0.3, -0.25) is 19.2 Å². The molecule has 3 aliphatic rings. The van der Waals surface area contributed by atoms with Crippen LogP contribution in [0.25, 0.3) is 0 Å². The van der Waals surface area contributed by atoms with Gasteiger partial charge in [0.2, 0.25) is 11.6 Å². The number of ether oxygens (including phenoxy) is 4. The summed E-state index contributed by atoms with van der Waals surface area (Å²) in [6, 6.07) is 4.19. The van der Waals surface area contributed by atoms with Crippen molar-refractivity contribution in [1.29, 1.82) is 0 Å². The molecule has 0 spiro atoms. The number of aliphatic hydroxyl groups is 3. The molecule has 250 valence electrons. The molecule has 46 heavy (non-hydrogen) atoms. The first kappa shape index (κ1) is 35.2. The molecule has 7 atom stereocenters. The molecule has 0 aromatic heterocycles. The molecule has 2 aromatic carbocycles. The number of Topliss-reactive ketones (excluding diaryl/α,β-unsaturated/α-hetero) is 1. The zero-order valence-corrected chi connectivity index (χ0v) is 25.4. The van der Waals surface area contributed by atoms with Gasteiger partial charge >= 0.3 is 5.97 Å². The van der Waals surface area contributed by atoms with Crippen LogP contribution in [-0.4, -0.2) is 105 Å². The van der Waals surface area contributed by atoms with Gasteiger partial charge in [0.15, 0.2) is 24.9 Å². The minimum absolute atomic E-state index is 0. The highest BCUT2D eigenvalue weighted by molar-refractivity contribution is 6.31. The number of hydrogen-bond acceptors (Lipinski definition) is 14. The van der Waals surface area contributed by atoms with E-state index in [1.807, 2.05) is 0 Å². The number of fused-ring (bicyclic) bond motifs is 3. The average Bonchev–Trinajstić information content (AvgIpc) is 3.01. The van der Waals surface area contributed by atoms with E-state index in [4.69, 9.17) is 24.7 Å². The summed E-state index contributed by atoms with van der Waals surface area (Å²) >= 11 is 0. The topological polar surface area (TPSA) is 232 Å². The molecule has 0 radical (unpaired) electrons. The van der Waals surface area contributed by atoms with Crippen molar-refractivity contribution in [2.24, 2.45) is 5.73 Å². The molecule has 1 fully saturated rings. The molecule has 7 N–H and O–H groups in total. The van der Waals surface area contributed by atoms with Crippen molar-refractivity contribution in [1.82, 2.24) is 0 Å². The van der Waals surface area contributed by atoms with Crippen molar-refractivity contribution in [3.63, 3.8) is 0 Å². The fourth-order valence-corrected chi connectivity index (χ4v) is 5.98. The normalized spacial score (nSPS) is 28.3. The number of aromatic hydroxyl groups is 2. The molecular formula is C30H33ClFNO13. The zero-order chi connectivity index (χ0) is 33.0. The van der Waals surface area contributed by atoms with Gasteiger partial charge in [-0.05, 0) is 13.0 Å². The summed E-state index contributed by atoms with van der Waals surface area (Å²) in [4.78, 5) is 52.5. The van der Waals surface area contributed by atoms with E-state index in [1.54, 1.807) is 0 Å². The summed E-state index contributed by atoms with van der Waals surface area (Å²) in [6.07, 6.45) is -12.4. The number of ketones is 3. The molecule has 14 nitrogen and oxygen atoms in total. The molecule has 2 aliphatic carbocycles. The van der Waals surface area contributed by atoms with Crippen LogP contribution in [0.4, 0.5) is 4.39 Å². The summed E-state index contributed by atoms with van der Waals surface area (Å²) in [7, 11) is 1.27. The molecule has 0 saturated carbocycles. The van der Waals surface area contributed by atoms with E-state index in [9.17, 15) is 44.7 Å². The van der Waals surface area contributed by atoms with Gasteiger partial charge in [0, 0.05) is 36.1 Å². The Morgan fingerprint density at radius 3 is 2.41 bits per heavy atom. The number of methoxy groups -OCH3 is 1. The number of esters is 1. The molecule has 1 saturated heterocycles. The van der Waals surface area contributed by atoms with Gasteiger partial charge in [0.25, 0.3) is 0 Å².